The molecule has 5 nitrogen and oxygen atoms in total. The zero-order valence-corrected chi connectivity index (χ0v) is 14.9. The van der Waals surface area contributed by atoms with Crippen molar-refractivity contribution in [1.29, 1.82) is 0 Å². The van der Waals surface area contributed by atoms with Gasteiger partial charge in [-0.2, -0.15) is 0 Å². The van der Waals surface area contributed by atoms with E-state index in [9.17, 15) is 9.59 Å². The molecule has 2 unspecified atom stereocenters. The Hall–Kier alpha value is -0.920. The number of halogens is 2. The van der Waals surface area contributed by atoms with Crippen molar-refractivity contribution < 1.29 is 14.3 Å². The number of anilines is 1. The topological polar surface area (TPSA) is 67.4 Å². The summed E-state index contributed by atoms with van der Waals surface area (Å²) in [5, 5.41) is 6.04. The molecule has 1 aliphatic rings. The van der Waals surface area contributed by atoms with E-state index in [2.05, 4.69) is 42.5 Å². The van der Waals surface area contributed by atoms with E-state index >= 15 is 0 Å². The summed E-state index contributed by atoms with van der Waals surface area (Å²) in [4.78, 5) is 24.3. The molecule has 7 heteroatoms. The predicted octanol–water partition coefficient (Wildman–Crippen LogP) is 2.79. The molecule has 0 aromatic heterocycles. The molecule has 2 rings (SSSR count). The van der Waals surface area contributed by atoms with Gasteiger partial charge in [-0.1, -0.05) is 22.9 Å². The minimum atomic E-state index is -0.495. The highest BCUT2D eigenvalue weighted by atomic mass is 79.9. The second-order valence-electron chi connectivity index (χ2n) is 5.03. The summed E-state index contributed by atoms with van der Waals surface area (Å²) in [6.07, 6.45) is 0. The van der Waals surface area contributed by atoms with Gasteiger partial charge >= 0.3 is 5.97 Å². The number of benzene rings is 1. The number of rotatable bonds is 3. The number of esters is 1. The van der Waals surface area contributed by atoms with Crippen LogP contribution in [-0.4, -0.2) is 32.1 Å². The van der Waals surface area contributed by atoms with E-state index in [0.717, 1.165) is 11.0 Å². The first kappa shape index (κ1) is 16.5. The molecule has 2 N–H and O–H groups in total. The van der Waals surface area contributed by atoms with Crippen molar-refractivity contribution in [3.63, 3.8) is 0 Å². The second-order valence-corrected chi connectivity index (χ2v) is 6.80. The molecule has 1 aliphatic heterocycles. The smallest absolute Gasteiger partial charge is 0.340 e. The summed E-state index contributed by atoms with van der Waals surface area (Å²) < 4.78 is 6.13. The number of hydrogen-bond donors (Lipinski definition) is 2. The Morgan fingerprint density at radius 1 is 1.33 bits per heavy atom. The highest BCUT2D eigenvalue weighted by Crippen LogP contribution is 2.32. The van der Waals surface area contributed by atoms with Gasteiger partial charge in [0, 0.05) is 15.5 Å². The summed E-state index contributed by atoms with van der Waals surface area (Å²) in [5.41, 5.74) is 0.750. The Labute approximate surface area is 140 Å². The van der Waals surface area contributed by atoms with Crippen LogP contribution >= 0.6 is 31.9 Å². The average Bonchev–Trinajstić information content (AvgIpc) is 2.86. The molecule has 1 saturated heterocycles. The lowest BCUT2D eigenvalue weighted by atomic mass is 9.97. The zero-order chi connectivity index (χ0) is 15.6. The van der Waals surface area contributed by atoms with E-state index in [4.69, 9.17) is 4.74 Å². The van der Waals surface area contributed by atoms with Crippen LogP contribution in [-0.2, 0) is 9.53 Å². The largest absolute Gasteiger partial charge is 0.465 e. The van der Waals surface area contributed by atoms with Crippen molar-refractivity contribution in [3.8, 4) is 0 Å². The van der Waals surface area contributed by atoms with Gasteiger partial charge < -0.3 is 15.4 Å². The molecule has 2 atom stereocenters. The van der Waals surface area contributed by atoms with Gasteiger partial charge in [0.1, 0.15) is 0 Å². The van der Waals surface area contributed by atoms with E-state index in [0.29, 0.717) is 22.3 Å². The number of ether oxygens (including phenoxy) is 1. The lowest BCUT2D eigenvalue weighted by Gasteiger charge is -2.17. The lowest BCUT2D eigenvalue weighted by Crippen LogP contribution is -2.28. The highest BCUT2D eigenvalue weighted by molar-refractivity contribution is 9.11. The molecule has 1 fully saturated rings. The quantitative estimate of drug-likeness (QED) is 0.739. The SMILES string of the molecule is COC(=O)c1cc(Br)cc(Br)c1NC(=O)C1CNCC1C. The second kappa shape index (κ2) is 6.89. The van der Waals surface area contributed by atoms with Gasteiger partial charge in [0.05, 0.1) is 24.3 Å². The van der Waals surface area contributed by atoms with E-state index in [1.807, 2.05) is 6.92 Å². The molecule has 1 aromatic rings. The van der Waals surface area contributed by atoms with Gasteiger partial charge in [0.2, 0.25) is 5.91 Å². The third-order valence-electron chi connectivity index (χ3n) is 3.56. The van der Waals surface area contributed by atoms with Crippen LogP contribution in [0.1, 0.15) is 17.3 Å². The number of nitrogens with one attached hydrogen (secondary N) is 2. The Morgan fingerprint density at radius 3 is 2.62 bits per heavy atom. The molecule has 0 radical (unpaired) electrons. The number of carbonyl (C=O) groups excluding carboxylic acids is 2. The maximum atomic E-state index is 12.4. The first-order valence-corrected chi connectivity index (χ1v) is 8.11. The van der Waals surface area contributed by atoms with Crippen LogP contribution in [0.25, 0.3) is 0 Å². The van der Waals surface area contributed by atoms with E-state index < -0.39 is 5.97 Å². The fourth-order valence-electron chi connectivity index (χ4n) is 2.35. The van der Waals surface area contributed by atoms with Gasteiger partial charge in [-0.25, -0.2) is 4.79 Å². The van der Waals surface area contributed by atoms with Crippen molar-refractivity contribution in [3.05, 3.63) is 26.6 Å². The molecule has 0 aliphatic carbocycles. The molecule has 1 heterocycles. The van der Waals surface area contributed by atoms with Gasteiger partial charge in [0.25, 0.3) is 0 Å². The van der Waals surface area contributed by atoms with Gasteiger partial charge in [-0.3, -0.25) is 4.79 Å². The number of carbonyl (C=O) groups is 2. The van der Waals surface area contributed by atoms with Crippen molar-refractivity contribution in [2.24, 2.45) is 11.8 Å². The van der Waals surface area contributed by atoms with Crippen molar-refractivity contribution in [1.82, 2.24) is 5.32 Å². The molecule has 1 amide bonds. The Kier molecular flexibility index (Phi) is 5.40. The molecular weight excluding hydrogens is 404 g/mol. The van der Waals surface area contributed by atoms with E-state index in [-0.39, 0.29) is 17.7 Å². The number of methoxy groups -OCH3 is 1. The minimum absolute atomic E-state index is 0.0966. The highest BCUT2D eigenvalue weighted by Gasteiger charge is 2.30. The van der Waals surface area contributed by atoms with Crippen LogP contribution in [0.3, 0.4) is 0 Å². The average molecular weight is 420 g/mol. The molecule has 1 aromatic carbocycles. The first-order chi connectivity index (χ1) is 9.93. The summed E-state index contributed by atoms with van der Waals surface area (Å²) in [7, 11) is 1.31. The van der Waals surface area contributed by atoms with Crippen LogP contribution in [0.15, 0.2) is 21.1 Å². The molecular formula is C14H16Br2N2O3. The normalized spacial score (nSPS) is 21.1. The maximum absolute atomic E-state index is 12.4. The molecule has 21 heavy (non-hydrogen) atoms. The monoisotopic (exact) mass is 418 g/mol. The predicted molar refractivity (Wildman–Crippen MR) is 87.3 cm³/mol. The standard InChI is InChI=1S/C14H16Br2N2O3/c1-7-5-17-6-10(7)13(19)18-12-9(14(20)21-2)3-8(15)4-11(12)16/h3-4,7,10,17H,5-6H2,1-2H3,(H,18,19). The van der Waals surface area contributed by atoms with Crippen LogP contribution in [0.2, 0.25) is 0 Å². The molecule has 0 bridgehead atoms. The van der Waals surface area contributed by atoms with E-state index in [1.54, 1.807) is 12.1 Å². The van der Waals surface area contributed by atoms with Crippen LogP contribution < -0.4 is 10.6 Å². The van der Waals surface area contributed by atoms with Crippen molar-refractivity contribution in [2.75, 3.05) is 25.5 Å². The summed E-state index contributed by atoms with van der Waals surface area (Å²) in [6, 6.07) is 3.40. The fourth-order valence-corrected chi connectivity index (χ4v) is 3.67. The molecule has 0 saturated carbocycles. The number of amides is 1. The lowest BCUT2D eigenvalue weighted by molar-refractivity contribution is -0.120. The van der Waals surface area contributed by atoms with Gasteiger partial charge in [0.15, 0.2) is 0 Å². The van der Waals surface area contributed by atoms with Crippen molar-refractivity contribution in [2.45, 2.75) is 6.92 Å². The van der Waals surface area contributed by atoms with Crippen LogP contribution in [0.5, 0.6) is 0 Å². The first-order valence-electron chi connectivity index (χ1n) is 6.53. The number of hydrogen-bond acceptors (Lipinski definition) is 4. The van der Waals surface area contributed by atoms with Crippen LogP contribution in [0.4, 0.5) is 5.69 Å². The summed E-state index contributed by atoms with van der Waals surface area (Å²) >= 11 is 6.71. The minimum Gasteiger partial charge on any atom is -0.465 e. The van der Waals surface area contributed by atoms with Gasteiger partial charge in [-0.05, 0) is 40.5 Å². The zero-order valence-electron chi connectivity index (χ0n) is 11.7. The molecule has 114 valence electrons. The van der Waals surface area contributed by atoms with E-state index in [1.165, 1.54) is 7.11 Å². The third-order valence-corrected chi connectivity index (χ3v) is 4.65. The Balaban J connectivity index is 2.30. The van der Waals surface area contributed by atoms with Gasteiger partial charge in [-0.15, -0.1) is 0 Å². The Morgan fingerprint density at radius 2 is 2.05 bits per heavy atom. The molecule has 0 spiro atoms. The van der Waals surface area contributed by atoms with Crippen LogP contribution in [0, 0.1) is 11.8 Å². The Bertz CT molecular complexity index is 578. The van der Waals surface area contributed by atoms with Crippen molar-refractivity contribution >= 4 is 49.4 Å². The summed E-state index contributed by atoms with van der Waals surface area (Å²) in [6.45, 7) is 3.50. The maximum Gasteiger partial charge on any atom is 0.340 e. The fraction of sp³-hybridized carbons (Fsp3) is 0.429. The third kappa shape index (κ3) is 3.64. The summed E-state index contributed by atoms with van der Waals surface area (Å²) in [5.74, 6) is -0.433.